The zero-order chi connectivity index (χ0) is 16.9. The number of carbonyl (C=O) groups excluding carboxylic acids is 1. The molecular weight excluding hydrogens is 311 g/mol. The summed E-state index contributed by atoms with van der Waals surface area (Å²) in [5.41, 5.74) is 2.65. The maximum Gasteiger partial charge on any atom is 0.222 e. The van der Waals surface area contributed by atoms with Gasteiger partial charge in [0, 0.05) is 39.1 Å². The maximum absolute atomic E-state index is 12.9. The van der Waals surface area contributed by atoms with Crippen molar-refractivity contribution in [2.45, 2.75) is 26.3 Å². The summed E-state index contributed by atoms with van der Waals surface area (Å²) in [6.07, 6.45) is 1.10. The number of carbonyl (C=O) groups is 1. The van der Waals surface area contributed by atoms with Crippen molar-refractivity contribution in [2.24, 2.45) is 0 Å². The lowest BCUT2D eigenvalue weighted by atomic mass is 10.1. The lowest BCUT2D eigenvalue weighted by molar-refractivity contribution is -0.133. The number of rotatable bonds is 5. The van der Waals surface area contributed by atoms with Gasteiger partial charge in [0.1, 0.15) is 17.2 Å². The fraction of sp³-hybridized carbons (Fsp3) is 0.471. The molecule has 0 bridgehead atoms. The molecule has 0 atom stereocenters. The van der Waals surface area contributed by atoms with Crippen molar-refractivity contribution in [1.29, 1.82) is 0 Å². The molecule has 0 radical (unpaired) electrons. The van der Waals surface area contributed by atoms with Gasteiger partial charge in [-0.1, -0.05) is 22.4 Å². The van der Waals surface area contributed by atoms with Crippen LogP contribution in [-0.2, 0) is 17.8 Å². The molecule has 1 aliphatic heterocycles. The molecule has 3 rings (SSSR count). The van der Waals surface area contributed by atoms with Gasteiger partial charge < -0.3 is 4.90 Å². The number of hydrogen-bond acceptors (Lipinski definition) is 5. The third-order valence-corrected chi connectivity index (χ3v) is 4.39. The highest BCUT2D eigenvalue weighted by Gasteiger charge is 2.22. The van der Waals surface area contributed by atoms with E-state index in [0.29, 0.717) is 32.5 Å². The molecular formula is C17H21FN4O2. The molecule has 1 aromatic carbocycles. The molecule has 0 aliphatic carbocycles. The summed E-state index contributed by atoms with van der Waals surface area (Å²) < 4.78 is 17.6. The molecule has 6 nitrogen and oxygen atoms in total. The summed E-state index contributed by atoms with van der Waals surface area (Å²) in [4.78, 5) is 16.5. The van der Waals surface area contributed by atoms with Crippen molar-refractivity contribution in [3.8, 4) is 0 Å². The molecule has 128 valence electrons. The summed E-state index contributed by atoms with van der Waals surface area (Å²) >= 11 is 0. The summed E-state index contributed by atoms with van der Waals surface area (Å²) in [5.74, 6) is -0.1000. The Bertz CT molecular complexity index is 678. The Hall–Kier alpha value is -2.28. The fourth-order valence-corrected chi connectivity index (χ4v) is 2.82. The number of aryl methyl sites for hydroxylation is 2. The number of benzene rings is 1. The van der Waals surface area contributed by atoms with Crippen molar-refractivity contribution in [3.05, 3.63) is 47.0 Å². The molecule has 0 unspecified atom stereocenters. The van der Waals surface area contributed by atoms with E-state index in [4.69, 9.17) is 4.63 Å². The Morgan fingerprint density at radius 2 is 1.88 bits per heavy atom. The predicted octanol–water partition coefficient (Wildman–Crippen LogP) is 1.79. The maximum atomic E-state index is 12.9. The van der Waals surface area contributed by atoms with Crippen molar-refractivity contribution in [2.75, 3.05) is 26.2 Å². The van der Waals surface area contributed by atoms with Gasteiger partial charge in [-0.2, -0.15) is 0 Å². The quantitative estimate of drug-likeness (QED) is 0.835. The van der Waals surface area contributed by atoms with Gasteiger partial charge in [0.2, 0.25) is 5.91 Å². The van der Waals surface area contributed by atoms with Crippen molar-refractivity contribution < 1.29 is 13.8 Å². The zero-order valence-electron chi connectivity index (χ0n) is 13.7. The normalized spacial score (nSPS) is 15.7. The standard InChI is InChI=1S/C17H21FN4O2/c1-13-16(20-24-19-13)12-21-8-10-22(11-9-21)17(23)7-4-14-2-5-15(18)6-3-14/h2-3,5-6H,4,7-12H2,1H3. The minimum Gasteiger partial charge on any atom is -0.340 e. The third-order valence-electron chi connectivity index (χ3n) is 4.39. The Morgan fingerprint density at radius 3 is 2.50 bits per heavy atom. The molecule has 0 N–H and O–H groups in total. The molecule has 1 aromatic heterocycles. The lowest BCUT2D eigenvalue weighted by Gasteiger charge is -2.34. The molecule has 2 aromatic rings. The van der Waals surface area contributed by atoms with Crippen LogP contribution in [0.4, 0.5) is 4.39 Å². The minimum absolute atomic E-state index is 0.151. The first kappa shape index (κ1) is 16.6. The molecule has 0 spiro atoms. The lowest BCUT2D eigenvalue weighted by Crippen LogP contribution is -2.48. The van der Waals surface area contributed by atoms with Gasteiger partial charge in [-0.3, -0.25) is 9.69 Å². The second-order valence-electron chi connectivity index (χ2n) is 6.08. The van der Waals surface area contributed by atoms with Crippen LogP contribution in [0.15, 0.2) is 28.9 Å². The number of halogens is 1. The summed E-state index contributed by atoms with van der Waals surface area (Å²) in [5, 5.41) is 7.68. The fourth-order valence-electron chi connectivity index (χ4n) is 2.82. The van der Waals surface area contributed by atoms with E-state index in [1.54, 1.807) is 12.1 Å². The first-order valence-electron chi connectivity index (χ1n) is 8.14. The average Bonchev–Trinajstić information content (AvgIpc) is 3.00. The summed E-state index contributed by atoms with van der Waals surface area (Å²) in [6.45, 7) is 5.64. The smallest absolute Gasteiger partial charge is 0.222 e. The van der Waals surface area contributed by atoms with Crippen LogP contribution in [0.3, 0.4) is 0 Å². The SMILES string of the molecule is Cc1nonc1CN1CCN(C(=O)CCc2ccc(F)cc2)CC1. The van der Waals surface area contributed by atoms with E-state index in [9.17, 15) is 9.18 Å². The Labute approximate surface area is 140 Å². The number of nitrogens with zero attached hydrogens (tertiary/aromatic N) is 4. The molecule has 1 fully saturated rings. The molecule has 7 heteroatoms. The highest BCUT2D eigenvalue weighted by atomic mass is 19.1. The van der Waals surface area contributed by atoms with E-state index in [0.717, 1.165) is 30.0 Å². The molecule has 1 amide bonds. The Morgan fingerprint density at radius 1 is 1.17 bits per heavy atom. The highest BCUT2D eigenvalue weighted by molar-refractivity contribution is 5.76. The van der Waals surface area contributed by atoms with Crippen LogP contribution in [0.1, 0.15) is 23.4 Å². The van der Waals surface area contributed by atoms with Gasteiger partial charge in [-0.15, -0.1) is 0 Å². The van der Waals surface area contributed by atoms with Gasteiger partial charge in [0.25, 0.3) is 0 Å². The summed E-state index contributed by atoms with van der Waals surface area (Å²) in [6, 6.07) is 6.32. The Kier molecular flexibility index (Phi) is 5.20. The molecule has 1 saturated heterocycles. The van der Waals surface area contributed by atoms with Gasteiger partial charge in [0.15, 0.2) is 0 Å². The minimum atomic E-state index is -0.251. The number of hydrogen-bond donors (Lipinski definition) is 0. The van der Waals surface area contributed by atoms with Crippen molar-refractivity contribution in [3.63, 3.8) is 0 Å². The third kappa shape index (κ3) is 4.17. The summed E-state index contributed by atoms with van der Waals surface area (Å²) in [7, 11) is 0. The van der Waals surface area contributed by atoms with E-state index in [-0.39, 0.29) is 11.7 Å². The second-order valence-corrected chi connectivity index (χ2v) is 6.08. The van der Waals surface area contributed by atoms with Crippen LogP contribution >= 0.6 is 0 Å². The number of piperazine rings is 1. The van der Waals surface area contributed by atoms with Crippen LogP contribution in [0, 0.1) is 12.7 Å². The van der Waals surface area contributed by atoms with Gasteiger partial charge >= 0.3 is 0 Å². The number of aromatic nitrogens is 2. The van der Waals surface area contributed by atoms with Crippen LogP contribution < -0.4 is 0 Å². The highest BCUT2D eigenvalue weighted by Crippen LogP contribution is 2.11. The van der Waals surface area contributed by atoms with Gasteiger partial charge in [-0.25, -0.2) is 9.02 Å². The van der Waals surface area contributed by atoms with Crippen LogP contribution in [0.5, 0.6) is 0 Å². The van der Waals surface area contributed by atoms with Crippen molar-refractivity contribution >= 4 is 5.91 Å². The largest absolute Gasteiger partial charge is 0.340 e. The van der Waals surface area contributed by atoms with Gasteiger partial charge in [0.05, 0.1) is 0 Å². The molecule has 1 aliphatic rings. The monoisotopic (exact) mass is 332 g/mol. The zero-order valence-corrected chi connectivity index (χ0v) is 13.7. The van der Waals surface area contributed by atoms with E-state index in [2.05, 4.69) is 15.2 Å². The van der Waals surface area contributed by atoms with Gasteiger partial charge in [-0.05, 0) is 31.0 Å². The topological polar surface area (TPSA) is 62.5 Å². The van der Waals surface area contributed by atoms with Crippen molar-refractivity contribution in [1.82, 2.24) is 20.1 Å². The Balaban J connectivity index is 1.43. The second kappa shape index (κ2) is 7.53. The van der Waals surface area contributed by atoms with E-state index in [1.165, 1.54) is 12.1 Å². The average molecular weight is 332 g/mol. The molecule has 24 heavy (non-hydrogen) atoms. The molecule has 2 heterocycles. The van der Waals surface area contributed by atoms with E-state index >= 15 is 0 Å². The van der Waals surface area contributed by atoms with Crippen LogP contribution in [0.25, 0.3) is 0 Å². The van der Waals surface area contributed by atoms with Crippen LogP contribution in [0.2, 0.25) is 0 Å². The molecule has 0 saturated carbocycles. The first-order valence-corrected chi connectivity index (χ1v) is 8.14. The number of amides is 1. The first-order chi connectivity index (χ1) is 11.6. The van der Waals surface area contributed by atoms with Crippen LogP contribution in [-0.4, -0.2) is 52.2 Å². The van der Waals surface area contributed by atoms with E-state index < -0.39 is 0 Å². The predicted molar refractivity (Wildman–Crippen MR) is 85.6 cm³/mol. The van der Waals surface area contributed by atoms with E-state index in [1.807, 2.05) is 11.8 Å².